The van der Waals surface area contributed by atoms with Crippen LogP contribution in [-0.4, -0.2) is 32.1 Å². The van der Waals surface area contributed by atoms with Crippen LogP contribution in [0.25, 0.3) is 28.1 Å². The van der Waals surface area contributed by atoms with Gasteiger partial charge in [-0.05, 0) is 54.5 Å². The average Bonchev–Trinajstić information content (AvgIpc) is 2.86. The molecule has 3 aromatic carbocycles. The smallest absolute Gasteiger partial charge is 0.203 e. The first-order valence-corrected chi connectivity index (χ1v) is 11.4. The van der Waals surface area contributed by atoms with Crippen molar-refractivity contribution in [2.24, 2.45) is 0 Å². The van der Waals surface area contributed by atoms with Gasteiger partial charge in [-0.1, -0.05) is 52.3 Å². The number of carbonyl (C=O) groups excluding carboxylic acids is 1. The van der Waals surface area contributed by atoms with Gasteiger partial charge in [-0.2, -0.15) is 0 Å². The summed E-state index contributed by atoms with van der Waals surface area (Å²) in [6.45, 7) is 1.87. The number of pyridine rings is 1. The Balaban J connectivity index is 1.85. The lowest BCUT2D eigenvalue weighted by molar-refractivity contribution is 0.104. The molecule has 4 rings (SSSR count). The van der Waals surface area contributed by atoms with Crippen LogP contribution in [-0.2, 0) is 0 Å². The highest BCUT2D eigenvalue weighted by Crippen LogP contribution is 2.39. The summed E-state index contributed by atoms with van der Waals surface area (Å²) in [7, 11) is 4.67. The molecule has 4 aromatic rings. The molecule has 5 nitrogen and oxygen atoms in total. The minimum absolute atomic E-state index is 0.139. The minimum Gasteiger partial charge on any atom is -0.493 e. The summed E-state index contributed by atoms with van der Waals surface area (Å²) in [6, 6.07) is 19.4. The molecule has 6 heteroatoms. The fourth-order valence-corrected chi connectivity index (χ4v) is 4.38. The van der Waals surface area contributed by atoms with Crippen LogP contribution in [0.3, 0.4) is 0 Å². The summed E-state index contributed by atoms with van der Waals surface area (Å²) in [5, 5.41) is 0.913. The van der Waals surface area contributed by atoms with Gasteiger partial charge >= 0.3 is 0 Å². The van der Waals surface area contributed by atoms with Crippen LogP contribution in [0.4, 0.5) is 0 Å². The van der Waals surface area contributed by atoms with E-state index < -0.39 is 0 Å². The highest BCUT2D eigenvalue weighted by molar-refractivity contribution is 9.10. The van der Waals surface area contributed by atoms with Crippen molar-refractivity contribution in [1.29, 1.82) is 0 Å². The highest BCUT2D eigenvalue weighted by Gasteiger charge is 2.19. The van der Waals surface area contributed by atoms with Gasteiger partial charge in [-0.3, -0.25) is 9.78 Å². The second-order valence-electron chi connectivity index (χ2n) is 7.63. The molecular weight excluding hydrogens is 494 g/mol. The molecule has 1 aromatic heterocycles. The van der Waals surface area contributed by atoms with Crippen molar-refractivity contribution < 1.29 is 19.0 Å². The number of halogens is 1. The van der Waals surface area contributed by atoms with Gasteiger partial charge in [-0.25, -0.2) is 0 Å². The summed E-state index contributed by atoms with van der Waals surface area (Å²) in [6.07, 6.45) is 3.30. The van der Waals surface area contributed by atoms with E-state index in [1.165, 1.54) is 0 Å². The second kappa shape index (κ2) is 10.1. The Labute approximate surface area is 207 Å². The zero-order valence-electron chi connectivity index (χ0n) is 19.4. The van der Waals surface area contributed by atoms with E-state index in [-0.39, 0.29) is 5.78 Å². The van der Waals surface area contributed by atoms with Crippen molar-refractivity contribution >= 4 is 38.7 Å². The maximum absolute atomic E-state index is 13.6. The first kappa shape index (κ1) is 23.5. The standard InChI is InChI=1S/C28H24BrNO4/c1-17-26(23(31)13-10-18-14-24(32-2)28(34-4)25(15-18)33-3)27(19-8-6-5-7-9-19)21-16-20(29)11-12-22(21)30-17/h5-16H,1-4H3/b13-10+. The number of aryl methyl sites for hydroxylation is 1. The van der Waals surface area contributed by atoms with Gasteiger partial charge in [0, 0.05) is 21.1 Å². The number of ketones is 1. The van der Waals surface area contributed by atoms with Gasteiger partial charge in [0.25, 0.3) is 0 Å². The molecule has 0 spiro atoms. The third-order valence-electron chi connectivity index (χ3n) is 5.55. The lowest BCUT2D eigenvalue weighted by Gasteiger charge is -2.15. The lowest BCUT2D eigenvalue weighted by Crippen LogP contribution is -2.05. The molecule has 172 valence electrons. The zero-order valence-corrected chi connectivity index (χ0v) is 21.0. The van der Waals surface area contributed by atoms with E-state index in [2.05, 4.69) is 15.9 Å². The van der Waals surface area contributed by atoms with Crippen LogP contribution in [0.5, 0.6) is 17.2 Å². The van der Waals surface area contributed by atoms with E-state index in [0.717, 1.165) is 32.1 Å². The van der Waals surface area contributed by atoms with E-state index in [1.807, 2.05) is 55.5 Å². The molecule has 0 radical (unpaired) electrons. The molecule has 0 bridgehead atoms. The predicted octanol–water partition coefficient (Wildman–Crippen LogP) is 6.89. The second-order valence-corrected chi connectivity index (χ2v) is 8.55. The molecular formula is C28H24BrNO4. The molecule has 0 aliphatic heterocycles. The maximum atomic E-state index is 13.6. The quantitative estimate of drug-likeness (QED) is 0.197. The third kappa shape index (κ3) is 4.54. The van der Waals surface area contributed by atoms with E-state index in [0.29, 0.717) is 28.5 Å². The van der Waals surface area contributed by atoms with Gasteiger partial charge in [0.1, 0.15) is 0 Å². The van der Waals surface area contributed by atoms with E-state index >= 15 is 0 Å². The number of ether oxygens (including phenoxy) is 3. The topological polar surface area (TPSA) is 57.7 Å². The third-order valence-corrected chi connectivity index (χ3v) is 6.04. The number of carbonyl (C=O) groups is 1. The number of benzene rings is 3. The maximum Gasteiger partial charge on any atom is 0.203 e. The Morgan fingerprint density at radius 2 is 1.59 bits per heavy atom. The highest BCUT2D eigenvalue weighted by atomic mass is 79.9. The van der Waals surface area contributed by atoms with Gasteiger partial charge in [0.15, 0.2) is 17.3 Å². The molecule has 0 saturated carbocycles. The summed E-state index contributed by atoms with van der Waals surface area (Å²) >= 11 is 3.56. The molecule has 0 unspecified atom stereocenters. The van der Waals surface area contributed by atoms with Crippen LogP contribution in [0.15, 0.2) is 71.2 Å². The van der Waals surface area contributed by atoms with Crippen LogP contribution >= 0.6 is 15.9 Å². The predicted molar refractivity (Wildman–Crippen MR) is 139 cm³/mol. The number of rotatable bonds is 7. The summed E-state index contributed by atoms with van der Waals surface area (Å²) in [5.41, 5.74) is 4.65. The molecule has 0 N–H and O–H groups in total. The van der Waals surface area contributed by atoms with Gasteiger partial charge in [0.05, 0.1) is 32.4 Å². The molecule has 0 atom stereocenters. The van der Waals surface area contributed by atoms with Gasteiger partial charge in [-0.15, -0.1) is 0 Å². The number of hydrogen-bond acceptors (Lipinski definition) is 5. The SMILES string of the molecule is COc1cc(/C=C/C(=O)c2c(C)nc3ccc(Br)cc3c2-c2ccccc2)cc(OC)c1OC. The van der Waals surface area contributed by atoms with Crippen LogP contribution in [0.1, 0.15) is 21.6 Å². The first-order valence-electron chi connectivity index (χ1n) is 10.6. The number of methoxy groups -OCH3 is 3. The average molecular weight is 518 g/mol. The first-order chi connectivity index (χ1) is 16.5. The van der Waals surface area contributed by atoms with Gasteiger partial charge < -0.3 is 14.2 Å². The number of fused-ring (bicyclic) bond motifs is 1. The van der Waals surface area contributed by atoms with Crippen molar-refractivity contribution in [3.05, 3.63) is 88.0 Å². The zero-order chi connectivity index (χ0) is 24.2. The fourth-order valence-electron chi connectivity index (χ4n) is 4.02. The van der Waals surface area contributed by atoms with Gasteiger partial charge in [0.2, 0.25) is 5.75 Å². The minimum atomic E-state index is -0.139. The Morgan fingerprint density at radius 3 is 2.21 bits per heavy atom. The van der Waals surface area contributed by atoms with E-state index in [9.17, 15) is 4.79 Å². The normalized spacial score (nSPS) is 11.1. The fraction of sp³-hybridized carbons (Fsp3) is 0.143. The molecule has 0 amide bonds. The number of hydrogen-bond donors (Lipinski definition) is 0. The number of allylic oxidation sites excluding steroid dienone is 1. The molecule has 0 saturated heterocycles. The summed E-state index contributed by atoms with van der Waals surface area (Å²) < 4.78 is 17.2. The number of nitrogens with zero attached hydrogens (tertiary/aromatic N) is 1. The van der Waals surface area contributed by atoms with E-state index in [1.54, 1.807) is 45.6 Å². The Morgan fingerprint density at radius 1 is 0.912 bits per heavy atom. The Kier molecular flexibility index (Phi) is 6.98. The molecule has 34 heavy (non-hydrogen) atoms. The lowest BCUT2D eigenvalue weighted by atomic mass is 9.92. The molecule has 0 fully saturated rings. The van der Waals surface area contributed by atoms with Crippen molar-refractivity contribution in [1.82, 2.24) is 4.98 Å². The summed E-state index contributed by atoms with van der Waals surface area (Å²) in [4.78, 5) is 18.3. The Bertz CT molecular complexity index is 1370. The number of aromatic nitrogens is 1. The van der Waals surface area contributed by atoms with Crippen LogP contribution in [0.2, 0.25) is 0 Å². The van der Waals surface area contributed by atoms with Crippen LogP contribution in [0, 0.1) is 6.92 Å². The van der Waals surface area contributed by atoms with Crippen molar-refractivity contribution in [2.45, 2.75) is 6.92 Å². The molecule has 0 aliphatic rings. The monoisotopic (exact) mass is 517 g/mol. The Hall–Kier alpha value is -3.64. The van der Waals surface area contributed by atoms with Crippen molar-refractivity contribution in [3.63, 3.8) is 0 Å². The van der Waals surface area contributed by atoms with Crippen LogP contribution < -0.4 is 14.2 Å². The van der Waals surface area contributed by atoms with Crippen molar-refractivity contribution in [3.8, 4) is 28.4 Å². The summed E-state index contributed by atoms with van der Waals surface area (Å²) in [5.74, 6) is 1.40. The largest absolute Gasteiger partial charge is 0.493 e. The van der Waals surface area contributed by atoms with Crippen molar-refractivity contribution in [2.75, 3.05) is 21.3 Å². The molecule has 1 heterocycles. The van der Waals surface area contributed by atoms with E-state index in [4.69, 9.17) is 19.2 Å². The molecule has 0 aliphatic carbocycles.